The lowest BCUT2D eigenvalue weighted by Gasteiger charge is -2.36. The lowest BCUT2D eigenvalue weighted by molar-refractivity contribution is -0.177. The molecule has 33 heavy (non-hydrogen) atoms. The summed E-state index contributed by atoms with van der Waals surface area (Å²) in [5.41, 5.74) is 0.572. The minimum absolute atomic E-state index is 0.0479. The third-order valence-electron chi connectivity index (χ3n) is 6.86. The van der Waals surface area contributed by atoms with E-state index in [0.29, 0.717) is 11.7 Å². The number of ether oxygens (including phenoxy) is 4. The number of carbonyl (C=O) groups is 3. The van der Waals surface area contributed by atoms with Gasteiger partial charge in [-0.25, -0.2) is 14.4 Å². The number of carbonyl (C=O) groups excluding carboxylic acids is 3. The van der Waals surface area contributed by atoms with E-state index in [1.807, 2.05) is 26.0 Å². The summed E-state index contributed by atoms with van der Waals surface area (Å²) in [7, 11) is 0. The average molecular weight is 461 g/mol. The van der Waals surface area contributed by atoms with Crippen molar-refractivity contribution in [2.24, 2.45) is 5.92 Å². The zero-order valence-electron chi connectivity index (χ0n) is 20.1. The van der Waals surface area contributed by atoms with Crippen molar-refractivity contribution < 1.29 is 33.3 Å². The van der Waals surface area contributed by atoms with E-state index in [-0.39, 0.29) is 18.9 Å². The van der Waals surface area contributed by atoms with Gasteiger partial charge in [-0.05, 0) is 62.6 Å². The van der Waals surface area contributed by atoms with Crippen LogP contribution in [-0.2, 0) is 28.6 Å². The molecular weight excluding hydrogens is 424 g/mol. The smallest absolute Gasteiger partial charge is 0.348 e. The minimum atomic E-state index is -1.13. The zero-order chi connectivity index (χ0) is 24.0. The topological polar surface area (TPSA) is 88.1 Å². The fourth-order valence-corrected chi connectivity index (χ4v) is 4.46. The molecule has 2 fully saturated rings. The molecule has 1 heterocycles. The highest BCUT2D eigenvalue weighted by molar-refractivity contribution is 5.87. The van der Waals surface area contributed by atoms with Crippen molar-refractivity contribution in [3.63, 3.8) is 0 Å². The predicted octanol–water partition coefficient (Wildman–Crippen LogP) is 4.71. The van der Waals surface area contributed by atoms with E-state index in [0.717, 1.165) is 32.1 Å². The van der Waals surface area contributed by atoms with Gasteiger partial charge in [-0.2, -0.15) is 0 Å². The SMILES string of the molecule is CCC(C)c1ccc(OCC(=O)OC2CC(C(=O)OC(C)(C)C3CCCCC3)OC2=O)cc1. The van der Waals surface area contributed by atoms with Crippen LogP contribution in [0.2, 0.25) is 0 Å². The van der Waals surface area contributed by atoms with Gasteiger partial charge in [-0.1, -0.05) is 45.2 Å². The van der Waals surface area contributed by atoms with Crippen LogP contribution in [0.1, 0.15) is 84.1 Å². The molecule has 3 unspecified atom stereocenters. The molecule has 0 radical (unpaired) electrons. The fourth-order valence-electron chi connectivity index (χ4n) is 4.46. The highest BCUT2D eigenvalue weighted by Crippen LogP contribution is 2.35. The molecule has 1 aromatic rings. The van der Waals surface area contributed by atoms with Crippen molar-refractivity contribution in [3.8, 4) is 5.75 Å². The summed E-state index contributed by atoms with van der Waals surface area (Å²) in [4.78, 5) is 37.0. The van der Waals surface area contributed by atoms with Crippen molar-refractivity contribution in [3.05, 3.63) is 29.8 Å². The van der Waals surface area contributed by atoms with Gasteiger partial charge in [0.15, 0.2) is 6.61 Å². The molecule has 1 saturated heterocycles. The molecule has 0 bridgehead atoms. The second-order valence-corrected chi connectivity index (χ2v) is 9.67. The lowest BCUT2D eigenvalue weighted by Crippen LogP contribution is -2.40. The van der Waals surface area contributed by atoms with E-state index in [9.17, 15) is 14.4 Å². The molecule has 2 aliphatic rings. The predicted molar refractivity (Wildman–Crippen MR) is 122 cm³/mol. The summed E-state index contributed by atoms with van der Waals surface area (Å²) in [6.45, 7) is 7.75. The summed E-state index contributed by atoms with van der Waals surface area (Å²) in [5.74, 6) is -0.740. The number of benzene rings is 1. The Bertz CT molecular complexity index is 824. The van der Waals surface area contributed by atoms with E-state index >= 15 is 0 Å². The van der Waals surface area contributed by atoms with Gasteiger partial charge in [-0.15, -0.1) is 0 Å². The first-order valence-electron chi connectivity index (χ1n) is 12.0. The molecule has 1 aliphatic carbocycles. The Balaban J connectivity index is 1.45. The largest absolute Gasteiger partial charge is 0.482 e. The van der Waals surface area contributed by atoms with Gasteiger partial charge in [0.05, 0.1) is 0 Å². The second kappa shape index (κ2) is 11.0. The van der Waals surface area contributed by atoms with Gasteiger partial charge in [0.2, 0.25) is 12.2 Å². The van der Waals surface area contributed by atoms with E-state index in [4.69, 9.17) is 18.9 Å². The van der Waals surface area contributed by atoms with Gasteiger partial charge in [-0.3, -0.25) is 0 Å². The van der Waals surface area contributed by atoms with E-state index in [1.165, 1.54) is 12.0 Å². The molecule has 1 aliphatic heterocycles. The van der Waals surface area contributed by atoms with Crippen LogP contribution in [0.25, 0.3) is 0 Å². The van der Waals surface area contributed by atoms with Crippen LogP contribution in [0.5, 0.6) is 5.75 Å². The molecule has 7 heteroatoms. The average Bonchev–Trinajstić information content (AvgIpc) is 3.18. The number of hydrogen-bond acceptors (Lipinski definition) is 7. The van der Waals surface area contributed by atoms with Crippen LogP contribution >= 0.6 is 0 Å². The minimum Gasteiger partial charge on any atom is -0.482 e. The third kappa shape index (κ3) is 6.71. The Morgan fingerprint density at radius 2 is 1.79 bits per heavy atom. The monoisotopic (exact) mass is 460 g/mol. The molecule has 7 nitrogen and oxygen atoms in total. The van der Waals surface area contributed by atoms with Crippen molar-refractivity contribution in [1.29, 1.82) is 0 Å². The molecule has 3 rings (SSSR count). The van der Waals surface area contributed by atoms with Gasteiger partial charge in [0.1, 0.15) is 11.4 Å². The second-order valence-electron chi connectivity index (χ2n) is 9.67. The van der Waals surface area contributed by atoms with Gasteiger partial charge >= 0.3 is 17.9 Å². The first kappa shape index (κ1) is 25.1. The van der Waals surface area contributed by atoms with Crippen LogP contribution in [0.15, 0.2) is 24.3 Å². The number of esters is 3. The standard InChI is InChI=1S/C26H36O7/c1-5-17(2)18-11-13-20(14-12-18)30-16-23(27)31-21-15-22(32-24(21)28)25(29)33-26(3,4)19-9-7-6-8-10-19/h11-14,17,19,21-22H,5-10,15-16H2,1-4H3. The maximum absolute atomic E-state index is 12.6. The first-order chi connectivity index (χ1) is 15.7. The zero-order valence-corrected chi connectivity index (χ0v) is 20.1. The van der Waals surface area contributed by atoms with Crippen molar-refractivity contribution in [2.75, 3.05) is 6.61 Å². The van der Waals surface area contributed by atoms with Crippen LogP contribution < -0.4 is 4.74 Å². The number of rotatable bonds is 9. The Morgan fingerprint density at radius 3 is 2.42 bits per heavy atom. The number of hydrogen-bond donors (Lipinski definition) is 0. The van der Waals surface area contributed by atoms with E-state index < -0.39 is 35.7 Å². The summed E-state index contributed by atoms with van der Waals surface area (Å²) in [6.07, 6.45) is 4.30. The molecule has 0 spiro atoms. The molecule has 182 valence electrons. The molecule has 0 amide bonds. The van der Waals surface area contributed by atoms with Gasteiger partial charge in [0.25, 0.3) is 0 Å². The highest BCUT2D eigenvalue weighted by atomic mass is 16.6. The number of cyclic esters (lactones) is 1. The first-order valence-corrected chi connectivity index (χ1v) is 12.0. The Kier molecular flexibility index (Phi) is 8.38. The van der Waals surface area contributed by atoms with Crippen LogP contribution in [0.4, 0.5) is 0 Å². The quantitative estimate of drug-likeness (QED) is 0.389. The Morgan fingerprint density at radius 1 is 1.12 bits per heavy atom. The lowest BCUT2D eigenvalue weighted by atomic mass is 9.79. The summed E-state index contributed by atoms with van der Waals surface area (Å²) >= 11 is 0. The van der Waals surface area contributed by atoms with Crippen molar-refractivity contribution in [2.45, 2.75) is 96.4 Å². The maximum Gasteiger partial charge on any atom is 0.348 e. The van der Waals surface area contributed by atoms with Crippen LogP contribution in [0.3, 0.4) is 0 Å². The maximum atomic E-state index is 12.6. The fraction of sp³-hybridized carbons (Fsp3) is 0.654. The summed E-state index contributed by atoms with van der Waals surface area (Å²) < 4.78 is 21.5. The molecule has 1 saturated carbocycles. The van der Waals surface area contributed by atoms with Crippen LogP contribution in [-0.4, -0.2) is 42.3 Å². The van der Waals surface area contributed by atoms with E-state index in [2.05, 4.69) is 13.8 Å². The van der Waals surface area contributed by atoms with E-state index in [1.54, 1.807) is 12.1 Å². The molecule has 3 atom stereocenters. The summed E-state index contributed by atoms with van der Waals surface area (Å²) in [6, 6.07) is 7.54. The Hall–Kier alpha value is -2.57. The van der Waals surface area contributed by atoms with Crippen molar-refractivity contribution in [1.82, 2.24) is 0 Å². The highest BCUT2D eigenvalue weighted by Gasteiger charge is 2.44. The molecular formula is C26H36O7. The van der Waals surface area contributed by atoms with Gasteiger partial charge < -0.3 is 18.9 Å². The Labute approximate surface area is 196 Å². The third-order valence-corrected chi connectivity index (χ3v) is 6.86. The molecule has 1 aromatic carbocycles. The molecule has 0 N–H and O–H groups in total. The summed E-state index contributed by atoms with van der Waals surface area (Å²) in [5, 5.41) is 0. The van der Waals surface area contributed by atoms with Crippen LogP contribution in [0, 0.1) is 5.92 Å². The van der Waals surface area contributed by atoms with Crippen molar-refractivity contribution >= 4 is 17.9 Å². The molecule has 0 aromatic heterocycles. The normalized spacial score (nSPS) is 22.4. The van der Waals surface area contributed by atoms with Gasteiger partial charge in [0, 0.05) is 6.42 Å².